The minimum atomic E-state index is -0.232. The quantitative estimate of drug-likeness (QED) is 0.159. The lowest BCUT2D eigenvalue weighted by molar-refractivity contribution is 0.332. The van der Waals surface area contributed by atoms with Crippen LogP contribution in [0.2, 0.25) is 0 Å². The first-order valence-electron chi connectivity index (χ1n) is 27.0. The van der Waals surface area contributed by atoms with Gasteiger partial charge in [0.1, 0.15) is 0 Å². The van der Waals surface area contributed by atoms with Gasteiger partial charge in [0.25, 0.3) is 6.71 Å². The van der Waals surface area contributed by atoms with Crippen molar-refractivity contribution in [3.8, 4) is 11.1 Å². The van der Waals surface area contributed by atoms with Crippen LogP contribution in [0.1, 0.15) is 182 Å². The highest BCUT2D eigenvalue weighted by Gasteiger charge is 2.48. The average Bonchev–Trinajstić information content (AvgIpc) is 3.31. The van der Waals surface area contributed by atoms with Gasteiger partial charge in [0.15, 0.2) is 0 Å². The van der Waals surface area contributed by atoms with Crippen molar-refractivity contribution in [1.29, 1.82) is 0 Å². The molecule has 3 heteroatoms. The molecule has 0 atom stereocenters. The fourth-order valence-corrected chi connectivity index (χ4v) is 12.1. The number of benzene rings is 7. The summed E-state index contributed by atoms with van der Waals surface area (Å²) < 4.78 is 0. The van der Waals surface area contributed by atoms with Crippen molar-refractivity contribution in [2.24, 2.45) is 0 Å². The van der Waals surface area contributed by atoms with E-state index in [4.69, 9.17) is 0 Å². The molecule has 0 spiro atoms. The first kappa shape index (κ1) is 49.8. The minimum Gasteiger partial charge on any atom is -0.311 e. The molecule has 2 heterocycles. The SMILES string of the molecule is CC(C)(C)c1ccc(-c2cc(C(C)(C)C)ccc2N2c3cc4c(cc3B3c5ccc(C(C)(C)c6ccccc6)cc5N(c5cccc(C(C)(C)C)c5)c5cc(C(C)(C)C)cc2c53)C(C)(C)CCC4(C)C)cc1. The minimum absolute atomic E-state index is 0.00397. The summed E-state index contributed by atoms with van der Waals surface area (Å²) in [4.78, 5) is 5.38. The molecular formula is C69H81BN2. The van der Waals surface area contributed by atoms with Gasteiger partial charge in [-0.3, -0.25) is 0 Å². The lowest BCUT2D eigenvalue weighted by Crippen LogP contribution is -2.62. The number of hydrogen-bond acceptors (Lipinski definition) is 2. The molecule has 0 aromatic heterocycles. The molecule has 2 nitrogen and oxygen atoms in total. The predicted octanol–water partition coefficient (Wildman–Crippen LogP) is 17.3. The molecule has 72 heavy (non-hydrogen) atoms. The van der Waals surface area contributed by atoms with Crippen LogP contribution in [-0.2, 0) is 37.9 Å². The van der Waals surface area contributed by atoms with E-state index >= 15 is 0 Å². The molecule has 10 rings (SSSR count). The second-order valence-corrected chi connectivity index (χ2v) is 27.9. The summed E-state index contributed by atoms with van der Waals surface area (Å²) in [5.41, 5.74) is 24.8. The smallest absolute Gasteiger partial charge is 0.252 e. The predicted molar refractivity (Wildman–Crippen MR) is 315 cm³/mol. The van der Waals surface area contributed by atoms with Gasteiger partial charge in [0.05, 0.1) is 5.69 Å². The fourth-order valence-electron chi connectivity index (χ4n) is 12.1. The van der Waals surface area contributed by atoms with E-state index in [1.165, 1.54) is 106 Å². The Morgan fingerprint density at radius 2 is 0.875 bits per heavy atom. The molecule has 7 aromatic carbocycles. The lowest BCUT2D eigenvalue weighted by atomic mass is 9.33. The van der Waals surface area contributed by atoms with Crippen LogP contribution in [0.15, 0.2) is 140 Å². The Labute approximate surface area is 435 Å². The van der Waals surface area contributed by atoms with E-state index in [1.807, 2.05) is 0 Å². The van der Waals surface area contributed by atoms with Crippen molar-refractivity contribution < 1.29 is 0 Å². The monoisotopic (exact) mass is 949 g/mol. The molecule has 3 aliphatic rings. The summed E-state index contributed by atoms with van der Waals surface area (Å²) in [6.45, 7) is 42.9. The third kappa shape index (κ3) is 8.36. The van der Waals surface area contributed by atoms with Crippen LogP contribution in [0, 0.1) is 0 Å². The van der Waals surface area contributed by atoms with E-state index in [0.29, 0.717) is 0 Å². The third-order valence-electron chi connectivity index (χ3n) is 17.3. The molecule has 0 unspecified atom stereocenters. The van der Waals surface area contributed by atoms with Gasteiger partial charge in [-0.2, -0.15) is 0 Å². The maximum absolute atomic E-state index is 2.72. The molecule has 0 saturated heterocycles. The molecule has 1 aliphatic carbocycles. The Hall–Kier alpha value is -5.80. The van der Waals surface area contributed by atoms with Gasteiger partial charge in [-0.25, -0.2) is 0 Å². The maximum atomic E-state index is 2.72. The summed E-state index contributed by atoms with van der Waals surface area (Å²) in [7, 11) is 0. The van der Waals surface area contributed by atoms with Gasteiger partial charge in [0.2, 0.25) is 0 Å². The lowest BCUT2D eigenvalue weighted by Gasteiger charge is -2.48. The topological polar surface area (TPSA) is 6.48 Å². The van der Waals surface area contributed by atoms with Gasteiger partial charge in [-0.05, 0) is 160 Å². The van der Waals surface area contributed by atoms with Crippen LogP contribution >= 0.6 is 0 Å². The number of rotatable bonds is 5. The van der Waals surface area contributed by atoms with E-state index in [1.54, 1.807) is 0 Å². The molecule has 0 radical (unpaired) electrons. The Morgan fingerprint density at radius 3 is 1.47 bits per heavy atom. The van der Waals surface area contributed by atoms with Gasteiger partial charge in [-0.15, -0.1) is 0 Å². The van der Waals surface area contributed by atoms with Crippen LogP contribution in [0.3, 0.4) is 0 Å². The Balaban J connectivity index is 1.36. The molecule has 0 N–H and O–H groups in total. The highest BCUT2D eigenvalue weighted by Crippen LogP contribution is 2.53. The molecule has 0 fully saturated rings. The highest BCUT2D eigenvalue weighted by molar-refractivity contribution is 7.00. The fraction of sp³-hybridized carbons (Fsp3) is 0.391. The largest absolute Gasteiger partial charge is 0.311 e. The van der Waals surface area contributed by atoms with Crippen LogP contribution in [-0.4, -0.2) is 6.71 Å². The molecule has 370 valence electrons. The van der Waals surface area contributed by atoms with Crippen molar-refractivity contribution in [1.82, 2.24) is 0 Å². The molecule has 0 bridgehead atoms. The summed E-state index contributed by atoms with van der Waals surface area (Å²) in [6, 6.07) is 55.4. The van der Waals surface area contributed by atoms with Gasteiger partial charge in [0, 0.05) is 39.4 Å². The summed E-state index contributed by atoms with van der Waals surface area (Å²) >= 11 is 0. The van der Waals surface area contributed by atoms with Gasteiger partial charge < -0.3 is 9.80 Å². The standard InChI is InChI=1S/C69H81BN2/c1-63(2,3)45-29-27-44(28-30-45)52-38-48(65(7,8)9)32-34-57(52)72-59-43-54-53(67(13,14)35-36-68(54,15)16)42-56(59)70-55-33-31-49(69(17,18)46-23-20-19-21-24-46)39-58(55)71(51-26-22-25-47(37-51)64(4,5)6)60-40-50(66(10,11)12)41-61(72)62(60)70/h19-34,37-43H,35-36H2,1-18H3. The summed E-state index contributed by atoms with van der Waals surface area (Å²) in [6.07, 6.45) is 2.31. The van der Waals surface area contributed by atoms with Crippen LogP contribution < -0.4 is 26.2 Å². The number of hydrogen-bond donors (Lipinski definition) is 0. The zero-order chi connectivity index (χ0) is 51.9. The number of anilines is 6. The van der Waals surface area contributed by atoms with E-state index in [9.17, 15) is 0 Å². The van der Waals surface area contributed by atoms with Gasteiger partial charge in [-0.1, -0.05) is 216 Å². The maximum Gasteiger partial charge on any atom is 0.252 e. The van der Waals surface area contributed by atoms with Crippen molar-refractivity contribution >= 4 is 57.2 Å². The van der Waals surface area contributed by atoms with Gasteiger partial charge >= 0.3 is 0 Å². The summed E-state index contributed by atoms with van der Waals surface area (Å²) in [5, 5.41) is 0. The molecule has 7 aromatic rings. The third-order valence-corrected chi connectivity index (χ3v) is 17.3. The van der Waals surface area contributed by atoms with Crippen LogP contribution in [0.25, 0.3) is 11.1 Å². The van der Waals surface area contributed by atoms with E-state index < -0.39 is 0 Å². The molecule has 2 aliphatic heterocycles. The zero-order valence-electron chi connectivity index (χ0n) is 47.2. The molecule has 0 amide bonds. The first-order chi connectivity index (χ1) is 33.5. The Morgan fingerprint density at radius 1 is 0.375 bits per heavy atom. The highest BCUT2D eigenvalue weighted by atomic mass is 15.2. The Bertz CT molecular complexity index is 3250. The Kier molecular flexibility index (Phi) is 11.5. The van der Waals surface area contributed by atoms with Crippen molar-refractivity contribution in [3.63, 3.8) is 0 Å². The normalized spacial score (nSPS) is 16.2. The summed E-state index contributed by atoms with van der Waals surface area (Å²) in [5.74, 6) is 0. The van der Waals surface area contributed by atoms with E-state index in [0.717, 1.165) is 12.8 Å². The second-order valence-electron chi connectivity index (χ2n) is 27.9. The number of fused-ring (bicyclic) bond motifs is 5. The molecular weight excluding hydrogens is 868 g/mol. The van der Waals surface area contributed by atoms with Crippen molar-refractivity contribution in [2.45, 2.75) is 175 Å². The van der Waals surface area contributed by atoms with Crippen molar-refractivity contribution in [3.05, 3.63) is 184 Å². The second kappa shape index (κ2) is 16.6. The van der Waals surface area contributed by atoms with E-state index in [-0.39, 0.29) is 44.6 Å². The average molecular weight is 949 g/mol. The van der Waals surface area contributed by atoms with Crippen LogP contribution in [0.4, 0.5) is 34.1 Å². The van der Waals surface area contributed by atoms with E-state index in [2.05, 4.69) is 274 Å². The number of nitrogens with zero attached hydrogens (tertiary/aromatic N) is 2. The first-order valence-corrected chi connectivity index (χ1v) is 27.0. The molecule has 0 saturated carbocycles. The van der Waals surface area contributed by atoms with Crippen LogP contribution in [0.5, 0.6) is 0 Å². The zero-order valence-corrected chi connectivity index (χ0v) is 47.2. The van der Waals surface area contributed by atoms with Crippen molar-refractivity contribution in [2.75, 3.05) is 9.80 Å².